The average molecular weight is 235 g/mol. The van der Waals surface area contributed by atoms with Crippen molar-refractivity contribution in [1.82, 2.24) is 10.1 Å². The quantitative estimate of drug-likeness (QED) is 0.878. The lowest BCUT2D eigenvalue weighted by molar-refractivity contribution is 0.425. The molecule has 5 heteroatoms. The van der Waals surface area contributed by atoms with Crippen LogP contribution in [0.15, 0.2) is 28.8 Å². The highest BCUT2D eigenvalue weighted by Crippen LogP contribution is 2.18. The van der Waals surface area contributed by atoms with Crippen LogP contribution < -0.4 is 5.73 Å². The Morgan fingerprint density at radius 3 is 2.69 bits per heavy atom. The van der Waals surface area contributed by atoms with Gasteiger partial charge in [-0.05, 0) is 24.0 Å². The van der Waals surface area contributed by atoms with E-state index in [9.17, 15) is 0 Å². The van der Waals surface area contributed by atoms with Gasteiger partial charge < -0.3 is 10.3 Å². The highest BCUT2D eigenvalue weighted by Gasteiger charge is 2.07. The van der Waals surface area contributed by atoms with Crippen LogP contribution in [0.25, 0.3) is 11.5 Å². The maximum atomic E-state index is 5.53. The number of nitrogens with zero attached hydrogens (tertiary/aromatic N) is 2. The minimum Gasteiger partial charge on any atom is -0.334 e. The molecule has 0 saturated carbocycles. The lowest BCUT2D eigenvalue weighted by atomic mass is 10.1. The monoisotopic (exact) mass is 235 g/mol. The lowest BCUT2D eigenvalue weighted by Gasteiger charge is -1.97. The largest absolute Gasteiger partial charge is 0.334 e. The van der Waals surface area contributed by atoms with E-state index in [0.29, 0.717) is 12.4 Å². The summed E-state index contributed by atoms with van der Waals surface area (Å²) in [4.78, 5) is 4.30. The Morgan fingerprint density at radius 1 is 1.31 bits per heavy atom. The minimum atomic E-state index is 0.543. The van der Waals surface area contributed by atoms with Crippen LogP contribution in [0.2, 0.25) is 0 Å². The predicted molar refractivity (Wildman–Crippen MR) is 64.8 cm³/mol. The van der Waals surface area contributed by atoms with E-state index in [1.165, 1.54) is 0 Å². The molecular weight excluding hydrogens is 222 g/mol. The van der Waals surface area contributed by atoms with Crippen LogP contribution in [-0.2, 0) is 12.3 Å². The fraction of sp³-hybridized carbons (Fsp3) is 0.273. The van der Waals surface area contributed by atoms with Crippen LogP contribution in [0.5, 0.6) is 0 Å². The molecule has 0 radical (unpaired) electrons. The molecule has 2 aromatic rings. The fourth-order valence-electron chi connectivity index (χ4n) is 1.34. The third-order valence-corrected chi connectivity index (χ3v) is 2.72. The van der Waals surface area contributed by atoms with Gasteiger partial charge in [-0.3, -0.25) is 0 Å². The van der Waals surface area contributed by atoms with Crippen LogP contribution >= 0.6 is 11.8 Å². The topological polar surface area (TPSA) is 64.9 Å². The van der Waals surface area contributed by atoms with Gasteiger partial charge in [-0.2, -0.15) is 16.7 Å². The van der Waals surface area contributed by atoms with Crippen molar-refractivity contribution in [2.45, 2.75) is 12.3 Å². The van der Waals surface area contributed by atoms with Crippen molar-refractivity contribution in [3.8, 4) is 11.5 Å². The van der Waals surface area contributed by atoms with Gasteiger partial charge in [0.05, 0.1) is 5.75 Å². The second-order valence-corrected chi connectivity index (χ2v) is 4.22. The first kappa shape index (κ1) is 11.2. The van der Waals surface area contributed by atoms with Gasteiger partial charge in [0.15, 0.2) is 5.82 Å². The Labute approximate surface area is 98.2 Å². The van der Waals surface area contributed by atoms with Gasteiger partial charge >= 0.3 is 0 Å². The first-order valence-electron chi connectivity index (χ1n) is 4.94. The van der Waals surface area contributed by atoms with E-state index in [2.05, 4.69) is 10.1 Å². The molecule has 0 bridgehead atoms. The van der Waals surface area contributed by atoms with Crippen molar-refractivity contribution in [1.29, 1.82) is 0 Å². The molecule has 16 heavy (non-hydrogen) atoms. The van der Waals surface area contributed by atoms with Crippen LogP contribution in [0.1, 0.15) is 11.4 Å². The van der Waals surface area contributed by atoms with Crippen LogP contribution in [0.4, 0.5) is 0 Å². The zero-order chi connectivity index (χ0) is 11.4. The predicted octanol–water partition coefficient (Wildman–Crippen LogP) is 2.06. The summed E-state index contributed by atoms with van der Waals surface area (Å²) in [5.74, 6) is 2.06. The standard InChI is InChI=1S/C11H13N3OS/c1-16-7-10-13-11(15-14-10)9-4-2-8(6-12)3-5-9/h2-5H,6-7,12H2,1H3. The van der Waals surface area contributed by atoms with Crippen molar-refractivity contribution in [3.05, 3.63) is 35.7 Å². The van der Waals surface area contributed by atoms with Crippen molar-refractivity contribution >= 4 is 11.8 Å². The molecule has 0 saturated heterocycles. The molecule has 2 N–H and O–H groups in total. The third kappa shape index (κ3) is 2.43. The average Bonchev–Trinajstić information content (AvgIpc) is 2.78. The number of nitrogens with two attached hydrogens (primary N) is 1. The zero-order valence-electron chi connectivity index (χ0n) is 9.01. The summed E-state index contributed by atoms with van der Waals surface area (Å²) >= 11 is 1.67. The van der Waals surface area contributed by atoms with Gasteiger partial charge in [0.2, 0.25) is 0 Å². The summed E-state index contributed by atoms with van der Waals surface area (Å²) in [5, 5.41) is 3.89. The maximum Gasteiger partial charge on any atom is 0.257 e. The molecule has 84 valence electrons. The summed E-state index contributed by atoms with van der Waals surface area (Å²) in [5.41, 5.74) is 7.55. The SMILES string of the molecule is CSCc1noc(-c2ccc(CN)cc2)n1. The Hall–Kier alpha value is -1.33. The molecule has 0 spiro atoms. The lowest BCUT2D eigenvalue weighted by Crippen LogP contribution is -1.95. The Bertz CT molecular complexity index is 453. The highest BCUT2D eigenvalue weighted by atomic mass is 32.2. The van der Waals surface area contributed by atoms with E-state index in [4.69, 9.17) is 10.3 Å². The summed E-state index contributed by atoms with van der Waals surface area (Å²) in [6.07, 6.45) is 2.01. The number of thioether (sulfide) groups is 1. The maximum absolute atomic E-state index is 5.53. The van der Waals surface area contributed by atoms with Gasteiger partial charge in [-0.15, -0.1) is 0 Å². The zero-order valence-corrected chi connectivity index (χ0v) is 9.83. The highest BCUT2D eigenvalue weighted by molar-refractivity contribution is 7.97. The van der Waals surface area contributed by atoms with Crippen LogP contribution in [-0.4, -0.2) is 16.4 Å². The fourth-order valence-corrected chi connectivity index (χ4v) is 1.72. The third-order valence-electron chi connectivity index (χ3n) is 2.18. The molecule has 0 atom stereocenters. The molecular formula is C11H13N3OS. The van der Waals surface area contributed by atoms with Crippen molar-refractivity contribution in [2.75, 3.05) is 6.26 Å². The summed E-state index contributed by atoms with van der Waals surface area (Å²) in [7, 11) is 0. The van der Waals surface area contributed by atoms with Crippen molar-refractivity contribution < 1.29 is 4.52 Å². The van der Waals surface area contributed by atoms with Gasteiger partial charge in [-0.25, -0.2) is 0 Å². The molecule has 0 unspecified atom stereocenters. The van der Waals surface area contributed by atoms with E-state index >= 15 is 0 Å². The van der Waals surface area contributed by atoms with Gasteiger partial charge in [0, 0.05) is 12.1 Å². The molecule has 1 aromatic heterocycles. The smallest absolute Gasteiger partial charge is 0.257 e. The van der Waals surface area contributed by atoms with Crippen LogP contribution in [0.3, 0.4) is 0 Å². The van der Waals surface area contributed by atoms with E-state index < -0.39 is 0 Å². The number of hydrogen-bond donors (Lipinski definition) is 1. The van der Waals surface area contributed by atoms with E-state index in [1.807, 2.05) is 30.5 Å². The summed E-state index contributed by atoms with van der Waals surface area (Å²) < 4.78 is 5.17. The van der Waals surface area contributed by atoms with Gasteiger partial charge in [0.25, 0.3) is 5.89 Å². The Balaban J connectivity index is 2.21. The van der Waals surface area contributed by atoms with Crippen molar-refractivity contribution in [3.63, 3.8) is 0 Å². The first-order chi connectivity index (χ1) is 7.83. The number of rotatable bonds is 4. The molecule has 0 aliphatic heterocycles. The normalized spacial score (nSPS) is 10.6. The molecule has 0 fully saturated rings. The second-order valence-electron chi connectivity index (χ2n) is 3.35. The van der Waals surface area contributed by atoms with E-state index in [-0.39, 0.29) is 0 Å². The van der Waals surface area contributed by atoms with E-state index in [0.717, 1.165) is 22.7 Å². The number of aromatic nitrogens is 2. The van der Waals surface area contributed by atoms with Gasteiger partial charge in [-0.1, -0.05) is 17.3 Å². The van der Waals surface area contributed by atoms with Crippen LogP contribution in [0, 0.1) is 0 Å². The Morgan fingerprint density at radius 2 is 2.06 bits per heavy atom. The number of hydrogen-bond acceptors (Lipinski definition) is 5. The minimum absolute atomic E-state index is 0.543. The summed E-state index contributed by atoms with van der Waals surface area (Å²) in [6, 6.07) is 7.82. The number of benzene rings is 1. The molecule has 0 amide bonds. The molecule has 2 rings (SSSR count). The first-order valence-corrected chi connectivity index (χ1v) is 6.34. The molecule has 1 aromatic carbocycles. The van der Waals surface area contributed by atoms with Gasteiger partial charge in [0.1, 0.15) is 0 Å². The summed E-state index contributed by atoms with van der Waals surface area (Å²) in [6.45, 7) is 0.543. The van der Waals surface area contributed by atoms with Crippen molar-refractivity contribution in [2.24, 2.45) is 5.73 Å². The molecule has 0 aliphatic rings. The molecule has 0 aliphatic carbocycles. The molecule has 4 nitrogen and oxygen atoms in total. The second kappa shape index (κ2) is 5.14. The Kier molecular flexibility index (Phi) is 3.58. The molecule has 1 heterocycles. The van der Waals surface area contributed by atoms with E-state index in [1.54, 1.807) is 11.8 Å².